The molecule has 0 aliphatic carbocycles. The van der Waals surface area contributed by atoms with Crippen LogP contribution >= 0.6 is 7.92 Å². The fourth-order valence-corrected chi connectivity index (χ4v) is 1.49. The molecule has 0 radical (unpaired) electrons. The zero-order valence-corrected chi connectivity index (χ0v) is 9.44. The van der Waals surface area contributed by atoms with Crippen LogP contribution in [-0.4, -0.2) is 13.3 Å². The standard InChI is InChI=1S/C8H11P.C3H8/c1-9(2)8-6-4-3-5-7-8;1-3-2/h3-7H,1-2H3;3H2,1-2H3. The van der Waals surface area contributed by atoms with Crippen LogP contribution in [0, 0.1) is 0 Å². The lowest BCUT2D eigenvalue weighted by Crippen LogP contribution is -1.95. The van der Waals surface area contributed by atoms with Gasteiger partial charge in [0, 0.05) is 0 Å². The molecule has 0 N–H and O–H groups in total. The fraction of sp³-hybridized carbons (Fsp3) is 0.455. The highest BCUT2D eigenvalue weighted by atomic mass is 31.1. The second kappa shape index (κ2) is 7.31. The van der Waals surface area contributed by atoms with Gasteiger partial charge in [0.2, 0.25) is 0 Å². The van der Waals surface area contributed by atoms with E-state index in [1.807, 2.05) is 0 Å². The third kappa shape index (κ3) is 5.32. The maximum atomic E-state index is 2.27. The van der Waals surface area contributed by atoms with E-state index in [1.165, 1.54) is 11.7 Å². The van der Waals surface area contributed by atoms with Gasteiger partial charge in [0.05, 0.1) is 0 Å². The first-order valence-electron chi connectivity index (χ1n) is 4.44. The van der Waals surface area contributed by atoms with Gasteiger partial charge in [-0.15, -0.1) is 0 Å². The zero-order chi connectivity index (χ0) is 9.40. The van der Waals surface area contributed by atoms with Crippen LogP contribution in [0.3, 0.4) is 0 Å². The van der Waals surface area contributed by atoms with Crippen LogP contribution in [0.15, 0.2) is 30.3 Å². The van der Waals surface area contributed by atoms with Gasteiger partial charge in [-0.25, -0.2) is 0 Å². The largest absolute Gasteiger partial charge is 0.0817 e. The average Bonchev–Trinajstić information content (AvgIpc) is 2.07. The Hall–Kier alpha value is -0.350. The van der Waals surface area contributed by atoms with E-state index in [1.54, 1.807) is 0 Å². The Morgan fingerprint density at radius 1 is 1.00 bits per heavy atom. The molecule has 0 heterocycles. The molecule has 68 valence electrons. The summed E-state index contributed by atoms with van der Waals surface area (Å²) in [4.78, 5) is 0. The molecule has 0 atom stereocenters. The SMILES string of the molecule is CCC.CP(C)c1ccccc1. The Labute approximate surface area is 77.8 Å². The lowest BCUT2D eigenvalue weighted by atomic mass is 10.4. The minimum Gasteiger partial charge on any atom is -0.0817 e. The summed E-state index contributed by atoms with van der Waals surface area (Å²) < 4.78 is 0. The summed E-state index contributed by atoms with van der Waals surface area (Å²) in [6.45, 7) is 8.79. The topological polar surface area (TPSA) is 0 Å². The highest BCUT2D eigenvalue weighted by molar-refractivity contribution is 7.64. The molecular weight excluding hydrogens is 163 g/mol. The van der Waals surface area contributed by atoms with Crippen LogP contribution in [0.4, 0.5) is 0 Å². The fourth-order valence-electron chi connectivity index (χ4n) is 0.726. The van der Waals surface area contributed by atoms with Gasteiger partial charge in [-0.1, -0.05) is 58.5 Å². The molecular formula is C11H19P. The van der Waals surface area contributed by atoms with Crippen LogP contribution in [0.2, 0.25) is 0 Å². The number of rotatable bonds is 1. The molecule has 1 aromatic rings. The summed E-state index contributed by atoms with van der Waals surface area (Å²) in [6.07, 6.45) is 1.25. The minimum atomic E-state index is 0.104. The van der Waals surface area contributed by atoms with E-state index in [-0.39, 0.29) is 7.92 Å². The highest BCUT2D eigenvalue weighted by Gasteiger charge is 1.92. The summed E-state index contributed by atoms with van der Waals surface area (Å²) in [5.41, 5.74) is 0. The van der Waals surface area contributed by atoms with Gasteiger partial charge < -0.3 is 0 Å². The van der Waals surface area contributed by atoms with Crippen molar-refractivity contribution in [2.24, 2.45) is 0 Å². The molecule has 0 amide bonds. The molecule has 0 aromatic heterocycles. The van der Waals surface area contributed by atoms with Gasteiger partial charge in [0.1, 0.15) is 0 Å². The molecule has 0 saturated carbocycles. The monoisotopic (exact) mass is 182 g/mol. The van der Waals surface area contributed by atoms with E-state index in [2.05, 4.69) is 57.5 Å². The summed E-state index contributed by atoms with van der Waals surface area (Å²) in [5.74, 6) is 0. The maximum absolute atomic E-state index is 2.27. The van der Waals surface area contributed by atoms with Crippen LogP contribution in [0.25, 0.3) is 0 Å². The van der Waals surface area contributed by atoms with Crippen molar-refractivity contribution in [3.63, 3.8) is 0 Å². The minimum absolute atomic E-state index is 0.104. The van der Waals surface area contributed by atoms with Crippen molar-refractivity contribution in [2.75, 3.05) is 13.3 Å². The van der Waals surface area contributed by atoms with Gasteiger partial charge in [0.15, 0.2) is 0 Å². The Bertz CT molecular complexity index is 179. The second-order valence-corrected chi connectivity index (χ2v) is 5.24. The van der Waals surface area contributed by atoms with Gasteiger partial charge in [0.25, 0.3) is 0 Å². The van der Waals surface area contributed by atoms with E-state index in [9.17, 15) is 0 Å². The summed E-state index contributed by atoms with van der Waals surface area (Å²) in [7, 11) is 0.104. The Kier molecular flexibility index (Phi) is 7.09. The van der Waals surface area contributed by atoms with Crippen molar-refractivity contribution in [2.45, 2.75) is 20.3 Å². The molecule has 0 aliphatic rings. The van der Waals surface area contributed by atoms with Gasteiger partial charge in [-0.05, 0) is 18.6 Å². The molecule has 0 bridgehead atoms. The number of benzene rings is 1. The predicted molar refractivity (Wildman–Crippen MR) is 60.8 cm³/mol. The predicted octanol–water partition coefficient (Wildman–Crippen LogP) is 3.47. The van der Waals surface area contributed by atoms with Gasteiger partial charge in [-0.2, -0.15) is 0 Å². The summed E-state index contributed by atoms with van der Waals surface area (Å²) in [5, 5.41) is 1.48. The van der Waals surface area contributed by atoms with Crippen molar-refractivity contribution in [3.05, 3.63) is 30.3 Å². The molecule has 0 saturated heterocycles. The Balaban J connectivity index is 0.000000354. The normalized spacial score (nSPS) is 9.08. The molecule has 0 aliphatic heterocycles. The Morgan fingerprint density at radius 3 is 1.67 bits per heavy atom. The molecule has 0 fully saturated rings. The van der Waals surface area contributed by atoms with E-state index >= 15 is 0 Å². The van der Waals surface area contributed by atoms with Crippen LogP contribution in [0.1, 0.15) is 20.3 Å². The van der Waals surface area contributed by atoms with Crippen LogP contribution < -0.4 is 5.30 Å². The Morgan fingerprint density at radius 2 is 1.42 bits per heavy atom. The van der Waals surface area contributed by atoms with Gasteiger partial charge in [-0.3, -0.25) is 0 Å². The first-order valence-corrected chi connectivity index (χ1v) is 6.68. The summed E-state index contributed by atoms with van der Waals surface area (Å²) >= 11 is 0. The molecule has 1 rings (SSSR count). The maximum Gasteiger partial charge on any atom is -0.0246 e. The van der Waals surface area contributed by atoms with Gasteiger partial charge >= 0.3 is 0 Å². The first kappa shape index (κ1) is 11.6. The molecule has 1 aromatic carbocycles. The van der Waals surface area contributed by atoms with Crippen LogP contribution in [0.5, 0.6) is 0 Å². The van der Waals surface area contributed by atoms with Crippen molar-refractivity contribution in [3.8, 4) is 0 Å². The van der Waals surface area contributed by atoms with Crippen molar-refractivity contribution < 1.29 is 0 Å². The van der Waals surface area contributed by atoms with Crippen molar-refractivity contribution in [1.29, 1.82) is 0 Å². The zero-order valence-electron chi connectivity index (χ0n) is 8.54. The third-order valence-corrected chi connectivity index (χ3v) is 2.60. The smallest absolute Gasteiger partial charge is 0.0246 e. The molecule has 1 heteroatoms. The number of hydrogen-bond donors (Lipinski definition) is 0. The molecule has 0 unspecified atom stereocenters. The van der Waals surface area contributed by atoms with Crippen molar-refractivity contribution >= 4 is 13.2 Å². The van der Waals surface area contributed by atoms with E-state index in [0.29, 0.717) is 0 Å². The molecule has 0 spiro atoms. The van der Waals surface area contributed by atoms with Crippen LogP contribution in [-0.2, 0) is 0 Å². The molecule has 0 nitrogen and oxygen atoms in total. The highest BCUT2D eigenvalue weighted by Crippen LogP contribution is 2.22. The average molecular weight is 182 g/mol. The first-order chi connectivity index (χ1) is 5.72. The lowest BCUT2D eigenvalue weighted by Gasteiger charge is -2.02. The van der Waals surface area contributed by atoms with E-state index in [4.69, 9.17) is 0 Å². The summed E-state index contributed by atoms with van der Waals surface area (Å²) in [6, 6.07) is 10.6. The van der Waals surface area contributed by atoms with E-state index < -0.39 is 0 Å². The number of hydrogen-bond acceptors (Lipinski definition) is 0. The second-order valence-electron chi connectivity index (χ2n) is 2.94. The van der Waals surface area contributed by atoms with E-state index in [0.717, 1.165) is 0 Å². The quantitative estimate of drug-likeness (QED) is 0.583. The lowest BCUT2D eigenvalue weighted by molar-refractivity contribution is 1.09. The van der Waals surface area contributed by atoms with Crippen molar-refractivity contribution in [1.82, 2.24) is 0 Å². The third-order valence-electron chi connectivity index (χ3n) is 1.27. The molecule has 12 heavy (non-hydrogen) atoms.